The van der Waals surface area contributed by atoms with Gasteiger partial charge < -0.3 is 15.0 Å². The average molecular weight is 284 g/mol. The molecule has 0 aliphatic carbocycles. The fourth-order valence-corrected chi connectivity index (χ4v) is 2.46. The quantitative estimate of drug-likeness (QED) is 0.934. The van der Waals surface area contributed by atoms with Crippen molar-refractivity contribution in [2.75, 3.05) is 43.1 Å². The molecule has 0 radical (unpaired) electrons. The van der Waals surface area contributed by atoms with Gasteiger partial charge in [-0.25, -0.2) is 9.97 Å². The van der Waals surface area contributed by atoms with Crippen LogP contribution in [-0.4, -0.2) is 42.8 Å². The van der Waals surface area contributed by atoms with Crippen LogP contribution >= 0.6 is 0 Å². The molecular formula is C16H20N4O. The Morgan fingerprint density at radius 3 is 2.62 bits per heavy atom. The Morgan fingerprint density at radius 2 is 1.90 bits per heavy atom. The second-order valence-corrected chi connectivity index (χ2v) is 4.97. The largest absolute Gasteiger partial charge is 0.378 e. The van der Waals surface area contributed by atoms with Crippen LogP contribution in [0.3, 0.4) is 0 Å². The summed E-state index contributed by atoms with van der Waals surface area (Å²) >= 11 is 0. The Bertz CT molecular complexity index is 579. The van der Waals surface area contributed by atoms with Crippen LogP contribution in [0.25, 0.3) is 11.3 Å². The normalized spacial score (nSPS) is 15.0. The zero-order valence-electron chi connectivity index (χ0n) is 12.2. The van der Waals surface area contributed by atoms with Crippen molar-refractivity contribution >= 4 is 11.5 Å². The molecule has 0 saturated carbocycles. The highest BCUT2D eigenvalue weighted by Gasteiger charge is 2.11. The van der Waals surface area contributed by atoms with E-state index < -0.39 is 0 Å². The third kappa shape index (κ3) is 3.31. The van der Waals surface area contributed by atoms with E-state index in [0.29, 0.717) is 0 Å². The van der Waals surface area contributed by atoms with E-state index in [9.17, 15) is 0 Å². The maximum atomic E-state index is 5.38. The van der Waals surface area contributed by atoms with Gasteiger partial charge in [-0.2, -0.15) is 0 Å². The zero-order chi connectivity index (χ0) is 14.5. The highest BCUT2D eigenvalue weighted by Crippen LogP contribution is 2.23. The number of hydrogen-bond donors (Lipinski definition) is 1. The lowest BCUT2D eigenvalue weighted by Crippen LogP contribution is -2.36. The Labute approximate surface area is 125 Å². The zero-order valence-corrected chi connectivity index (χ0v) is 12.2. The SMILES string of the molecule is CCNc1cc(-c2ccc(N3CCOCC3)cc2)ncn1. The number of aromatic nitrogens is 2. The molecule has 1 N–H and O–H groups in total. The van der Waals surface area contributed by atoms with E-state index >= 15 is 0 Å². The molecule has 2 heterocycles. The minimum absolute atomic E-state index is 0.805. The minimum atomic E-state index is 0.805. The van der Waals surface area contributed by atoms with Crippen molar-refractivity contribution in [2.24, 2.45) is 0 Å². The second kappa shape index (κ2) is 6.54. The number of anilines is 2. The molecule has 1 aliphatic rings. The van der Waals surface area contributed by atoms with Crippen molar-refractivity contribution < 1.29 is 4.74 Å². The van der Waals surface area contributed by atoms with Gasteiger partial charge in [0.15, 0.2) is 0 Å². The van der Waals surface area contributed by atoms with Crippen LogP contribution < -0.4 is 10.2 Å². The predicted octanol–water partition coefficient (Wildman–Crippen LogP) is 2.41. The third-order valence-electron chi connectivity index (χ3n) is 3.56. The number of nitrogens with zero attached hydrogens (tertiary/aromatic N) is 3. The highest BCUT2D eigenvalue weighted by atomic mass is 16.5. The minimum Gasteiger partial charge on any atom is -0.378 e. The second-order valence-electron chi connectivity index (χ2n) is 4.97. The first kappa shape index (κ1) is 13.8. The van der Waals surface area contributed by atoms with E-state index in [1.54, 1.807) is 6.33 Å². The molecule has 1 aliphatic heterocycles. The van der Waals surface area contributed by atoms with Gasteiger partial charge in [-0.15, -0.1) is 0 Å². The Kier molecular flexibility index (Phi) is 4.31. The molecule has 1 aromatic heterocycles. The first-order valence-electron chi connectivity index (χ1n) is 7.36. The number of benzene rings is 1. The summed E-state index contributed by atoms with van der Waals surface area (Å²) in [5.41, 5.74) is 3.28. The average Bonchev–Trinajstić information content (AvgIpc) is 2.56. The van der Waals surface area contributed by atoms with Crippen LogP contribution in [0, 0.1) is 0 Å². The number of hydrogen-bond acceptors (Lipinski definition) is 5. The molecule has 1 saturated heterocycles. The highest BCUT2D eigenvalue weighted by molar-refractivity contribution is 5.65. The van der Waals surface area contributed by atoms with Gasteiger partial charge in [-0.05, 0) is 19.1 Å². The topological polar surface area (TPSA) is 50.3 Å². The summed E-state index contributed by atoms with van der Waals surface area (Å²) in [5, 5.41) is 3.21. The predicted molar refractivity (Wildman–Crippen MR) is 84.7 cm³/mol. The van der Waals surface area contributed by atoms with Crippen molar-refractivity contribution in [3.63, 3.8) is 0 Å². The third-order valence-corrected chi connectivity index (χ3v) is 3.56. The van der Waals surface area contributed by atoms with Crippen molar-refractivity contribution in [1.29, 1.82) is 0 Å². The van der Waals surface area contributed by atoms with Crippen LogP contribution in [0.1, 0.15) is 6.92 Å². The molecule has 1 aromatic carbocycles. The molecule has 0 amide bonds. The number of rotatable bonds is 4. The molecule has 0 unspecified atom stereocenters. The van der Waals surface area contributed by atoms with Crippen molar-refractivity contribution in [1.82, 2.24) is 9.97 Å². The van der Waals surface area contributed by atoms with Crippen molar-refractivity contribution in [2.45, 2.75) is 6.92 Å². The molecule has 21 heavy (non-hydrogen) atoms. The maximum absolute atomic E-state index is 5.38. The molecular weight excluding hydrogens is 264 g/mol. The smallest absolute Gasteiger partial charge is 0.129 e. The first-order chi connectivity index (χ1) is 10.4. The fraction of sp³-hybridized carbons (Fsp3) is 0.375. The first-order valence-corrected chi connectivity index (χ1v) is 7.36. The number of ether oxygens (including phenoxy) is 1. The summed E-state index contributed by atoms with van der Waals surface area (Å²) in [6, 6.07) is 10.5. The fourth-order valence-electron chi connectivity index (χ4n) is 2.46. The van der Waals surface area contributed by atoms with E-state index in [0.717, 1.165) is 49.9 Å². The van der Waals surface area contributed by atoms with E-state index in [1.165, 1.54) is 5.69 Å². The van der Waals surface area contributed by atoms with E-state index in [1.807, 2.05) is 6.07 Å². The summed E-state index contributed by atoms with van der Waals surface area (Å²) in [4.78, 5) is 10.9. The molecule has 0 spiro atoms. The van der Waals surface area contributed by atoms with Gasteiger partial charge in [0.1, 0.15) is 12.1 Å². The standard InChI is InChI=1S/C16H20N4O/c1-2-17-16-11-15(18-12-19-16)13-3-5-14(6-4-13)20-7-9-21-10-8-20/h3-6,11-12H,2,7-10H2,1H3,(H,17,18,19). The Hall–Kier alpha value is -2.14. The maximum Gasteiger partial charge on any atom is 0.129 e. The van der Waals surface area contributed by atoms with Gasteiger partial charge in [0.05, 0.1) is 18.9 Å². The number of morpholine rings is 1. The molecule has 1 fully saturated rings. The summed E-state index contributed by atoms with van der Waals surface area (Å²) in [7, 11) is 0. The Balaban J connectivity index is 1.78. The molecule has 2 aromatic rings. The molecule has 3 rings (SSSR count). The summed E-state index contributed by atoms with van der Waals surface area (Å²) in [6.45, 7) is 6.43. The van der Waals surface area contributed by atoms with Crippen LogP contribution in [0.2, 0.25) is 0 Å². The van der Waals surface area contributed by atoms with Crippen LogP contribution in [0.15, 0.2) is 36.7 Å². The molecule has 5 nitrogen and oxygen atoms in total. The van der Waals surface area contributed by atoms with Crippen molar-refractivity contribution in [3.05, 3.63) is 36.7 Å². The van der Waals surface area contributed by atoms with Gasteiger partial charge >= 0.3 is 0 Å². The lowest BCUT2D eigenvalue weighted by atomic mass is 10.1. The van der Waals surface area contributed by atoms with Gasteiger partial charge in [0.2, 0.25) is 0 Å². The van der Waals surface area contributed by atoms with Crippen LogP contribution in [-0.2, 0) is 4.74 Å². The molecule has 0 bridgehead atoms. The lowest BCUT2D eigenvalue weighted by molar-refractivity contribution is 0.122. The summed E-state index contributed by atoms with van der Waals surface area (Å²) in [5.74, 6) is 0.861. The van der Waals surface area contributed by atoms with Gasteiger partial charge in [0.25, 0.3) is 0 Å². The summed E-state index contributed by atoms with van der Waals surface area (Å²) in [6.07, 6.45) is 1.60. The van der Waals surface area contributed by atoms with E-state index in [4.69, 9.17) is 4.74 Å². The summed E-state index contributed by atoms with van der Waals surface area (Å²) < 4.78 is 5.38. The molecule has 0 atom stereocenters. The van der Waals surface area contributed by atoms with E-state index in [-0.39, 0.29) is 0 Å². The van der Waals surface area contributed by atoms with Gasteiger partial charge in [0, 0.05) is 37.0 Å². The van der Waals surface area contributed by atoms with Crippen LogP contribution in [0.4, 0.5) is 11.5 Å². The molecule has 110 valence electrons. The lowest BCUT2D eigenvalue weighted by Gasteiger charge is -2.28. The van der Waals surface area contributed by atoms with Gasteiger partial charge in [-0.1, -0.05) is 12.1 Å². The molecule has 5 heteroatoms. The van der Waals surface area contributed by atoms with Crippen LogP contribution in [0.5, 0.6) is 0 Å². The monoisotopic (exact) mass is 284 g/mol. The van der Waals surface area contributed by atoms with E-state index in [2.05, 4.69) is 51.4 Å². The van der Waals surface area contributed by atoms with Gasteiger partial charge in [-0.3, -0.25) is 0 Å². The van der Waals surface area contributed by atoms with Crippen molar-refractivity contribution in [3.8, 4) is 11.3 Å². The Morgan fingerprint density at radius 1 is 1.14 bits per heavy atom. The number of nitrogens with one attached hydrogen (secondary N) is 1.